The molecule has 1 aliphatic rings. The van der Waals surface area contributed by atoms with Crippen LogP contribution in [0.4, 0.5) is 4.79 Å². The molecule has 0 spiro atoms. The van der Waals surface area contributed by atoms with E-state index in [4.69, 9.17) is 4.74 Å². The molecule has 1 atom stereocenters. The molecule has 0 aromatic rings. The van der Waals surface area contributed by atoms with E-state index in [1.165, 1.54) is 9.80 Å². The Morgan fingerprint density at radius 1 is 1.47 bits per heavy atom. The Labute approximate surface area is 90.0 Å². The molecule has 5 nitrogen and oxygen atoms in total. The molecule has 0 N–H and O–H groups in total. The van der Waals surface area contributed by atoms with Crippen LogP contribution in [0.3, 0.4) is 0 Å². The van der Waals surface area contributed by atoms with E-state index in [0.29, 0.717) is 13.2 Å². The standard InChI is InChI=1S/C10H18N2O3/c1-4-15-10(14)12-7-5-6-8(12)9(13)11(2)3/h8H,4-7H2,1-3H3. The number of likely N-dealkylation sites (tertiary alicyclic amines) is 1. The van der Waals surface area contributed by atoms with E-state index in [1.807, 2.05) is 0 Å². The summed E-state index contributed by atoms with van der Waals surface area (Å²) in [7, 11) is 3.40. The average Bonchev–Trinajstić information content (AvgIpc) is 2.65. The molecule has 5 heteroatoms. The molecule has 1 rings (SSSR count). The highest BCUT2D eigenvalue weighted by atomic mass is 16.6. The van der Waals surface area contributed by atoms with Crippen molar-refractivity contribution in [2.75, 3.05) is 27.2 Å². The summed E-state index contributed by atoms with van der Waals surface area (Å²) in [5.41, 5.74) is 0. The summed E-state index contributed by atoms with van der Waals surface area (Å²) in [5.74, 6) is -0.0273. The fraction of sp³-hybridized carbons (Fsp3) is 0.800. The van der Waals surface area contributed by atoms with E-state index in [9.17, 15) is 9.59 Å². The summed E-state index contributed by atoms with van der Waals surface area (Å²) >= 11 is 0. The maximum Gasteiger partial charge on any atom is 0.410 e. The van der Waals surface area contributed by atoms with Crippen molar-refractivity contribution >= 4 is 12.0 Å². The van der Waals surface area contributed by atoms with Crippen LogP contribution in [0.2, 0.25) is 0 Å². The van der Waals surface area contributed by atoms with Crippen molar-refractivity contribution in [2.45, 2.75) is 25.8 Å². The van der Waals surface area contributed by atoms with E-state index in [-0.39, 0.29) is 18.0 Å². The number of likely N-dealkylation sites (N-methyl/N-ethyl adjacent to an activating group) is 1. The van der Waals surface area contributed by atoms with Gasteiger partial charge < -0.3 is 9.64 Å². The molecule has 0 aromatic heterocycles. The molecule has 0 saturated carbocycles. The van der Waals surface area contributed by atoms with Gasteiger partial charge in [-0.1, -0.05) is 0 Å². The molecule has 1 heterocycles. The number of nitrogens with zero attached hydrogens (tertiary/aromatic N) is 2. The zero-order valence-electron chi connectivity index (χ0n) is 9.52. The Balaban J connectivity index is 2.64. The largest absolute Gasteiger partial charge is 0.450 e. The summed E-state index contributed by atoms with van der Waals surface area (Å²) < 4.78 is 4.90. The van der Waals surface area contributed by atoms with E-state index >= 15 is 0 Å². The maximum absolute atomic E-state index is 11.7. The van der Waals surface area contributed by atoms with E-state index < -0.39 is 0 Å². The van der Waals surface area contributed by atoms with E-state index in [1.54, 1.807) is 21.0 Å². The van der Waals surface area contributed by atoms with Crippen LogP contribution in [0.1, 0.15) is 19.8 Å². The number of ether oxygens (including phenoxy) is 1. The van der Waals surface area contributed by atoms with Gasteiger partial charge in [0.25, 0.3) is 0 Å². The average molecular weight is 214 g/mol. The number of carbonyl (C=O) groups is 2. The third kappa shape index (κ3) is 2.61. The lowest BCUT2D eigenvalue weighted by atomic mass is 10.2. The van der Waals surface area contributed by atoms with Gasteiger partial charge in [0, 0.05) is 20.6 Å². The number of hydrogen-bond donors (Lipinski definition) is 0. The number of amides is 2. The first kappa shape index (κ1) is 11.8. The van der Waals surface area contributed by atoms with Gasteiger partial charge >= 0.3 is 6.09 Å². The molecular formula is C10H18N2O3. The van der Waals surface area contributed by atoms with E-state index in [0.717, 1.165) is 12.8 Å². The van der Waals surface area contributed by atoms with Crippen molar-refractivity contribution in [2.24, 2.45) is 0 Å². The first-order chi connectivity index (χ1) is 7.07. The lowest BCUT2D eigenvalue weighted by Gasteiger charge is -2.25. The summed E-state index contributed by atoms with van der Waals surface area (Å²) in [6, 6.07) is -0.334. The van der Waals surface area contributed by atoms with Crippen LogP contribution in [0.25, 0.3) is 0 Å². The van der Waals surface area contributed by atoms with Gasteiger partial charge in [0.05, 0.1) is 6.61 Å². The molecule has 1 unspecified atom stereocenters. The summed E-state index contributed by atoms with van der Waals surface area (Å²) in [6.45, 7) is 2.72. The minimum Gasteiger partial charge on any atom is -0.450 e. The first-order valence-corrected chi connectivity index (χ1v) is 5.22. The quantitative estimate of drug-likeness (QED) is 0.679. The van der Waals surface area contributed by atoms with Crippen LogP contribution in [0.15, 0.2) is 0 Å². The van der Waals surface area contributed by atoms with Crippen LogP contribution >= 0.6 is 0 Å². The summed E-state index contributed by atoms with van der Waals surface area (Å²) in [5, 5.41) is 0. The van der Waals surface area contributed by atoms with Gasteiger partial charge in [0.15, 0.2) is 0 Å². The predicted octanol–water partition coefficient (Wildman–Crippen LogP) is 0.696. The molecule has 1 saturated heterocycles. The zero-order valence-corrected chi connectivity index (χ0v) is 9.52. The lowest BCUT2D eigenvalue weighted by molar-refractivity contribution is -0.133. The third-order valence-corrected chi connectivity index (χ3v) is 2.48. The molecule has 0 aromatic carbocycles. The second-order valence-corrected chi connectivity index (χ2v) is 3.78. The topological polar surface area (TPSA) is 49.9 Å². The normalized spacial score (nSPS) is 20.2. The van der Waals surface area contributed by atoms with Crippen molar-refractivity contribution in [3.05, 3.63) is 0 Å². The second-order valence-electron chi connectivity index (χ2n) is 3.78. The van der Waals surface area contributed by atoms with Crippen molar-refractivity contribution < 1.29 is 14.3 Å². The smallest absolute Gasteiger partial charge is 0.410 e. The van der Waals surface area contributed by atoms with Gasteiger partial charge in [0.1, 0.15) is 6.04 Å². The summed E-state index contributed by atoms with van der Waals surface area (Å²) in [6.07, 6.45) is 1.22. The Hall–Kier alpha value is -1.26. The first-order valence-electron chi connectivity index (χ1n) is 5.22. The Morgan fingerprint density at radius 2 is 2.13 bits per heavy atom. The highest BCUT2D eigenvalue weighted by Crippen LogP contribution is 2.19. The van der Waals surface area contributed by atoms with Crippen LogP contribution in [-0.2, 0) is 9.53 Å². The van der Waals surface area contributed by atoms with Crippen LogP contribution < -0.4 is 0 Å². The fourth-order valence-corrected chi connectivity index (χ4v) is 1.75. The zero-order chi connectivity index (χ0) is 11.4. The van der Waals surface area contributed by atoms with Crippen molar-refractivity contribution in [3.63, 3.8) is 0 Å². The molecule has 0 aliphatic carbocycles. The Bertz CT molecular complexity index is 253. The van der Waals surface area contributed by atoms with Crippen molar-refractivity contribution in [3.8, 4) is 0 Å². The third-order valence-electron chi connectivity index (χ3n) is 2.48. The van der Waals surface area contributed by atoms with E-state index in [2.05, 4.69) is 0 Å². The fourth-order valence-electron chi connectivity index (χ4n) is 1.75. The number of carbonyl (C=O) groups excluding carboxylic acids is 2. The number of rotatable bonds is 2. The minimum absolute atomic E-state index is 0.0273. The molecule has 15 heavy (non-hydrogen) atoms. The van der Waals surface area contributed by atoms with Gasteiger partial charge in [-0.25, -0.2) is 4.79 Å². The Kier molecular flexibility index (Phi) is 3.94. The van der Waals surface area contributed by atoms with Gasteiger partial charge in [0.2, 0.25) is 5.91 Å². The van der Waals surface area contributed by atoms with Crippen LogP contribution in [-0.4, -0.2) is 55.1 Å². The van der Waals surface area contributed by atoms with Gasteiger partial charge in [-0.2, -0.15) is 0 Å². The Morgan fingerprint density at radius 3 is 2.67 bits per heavy atom. The van der Waals surface area contributed by atoms with Gasteiger partial charge in [-0.05, 0) is 19.8 Å². The molecule has 1 aliphatic heterocycles. The molecule has 0 bridgehead atoms. The lowest BCUT2D eigenvalue weighted by Crippen LogP contribution is -2.45. The molecule has 86 valence electrons. The molecular weight excluding hydrogens is 196 g/mol. The minimum atomic E-state index is -0.379. The van der Waals surface area contributed by atoms with Crippen LogP contribution in [0.5, 0.6) is 0 Å². The van der Waals surface area contributed by atoms with Crippen molar-refractivity contribution in [1.82, 2.24) is 9.80 Å². The summed E-state index contributed by atoms with van der Waals surface area (Å²) in [4.78, 5) is 26.3. The molecule has 1 fully saturated rings. The molecule has 0 radical (unpaired) electrons. The monoisotopic (exact) mass is 214 g/mol. The SMILES string of the molecule is CCOC(=O)N1CCCC1C(=O)N(C)C. The second kappa shape index (κ2) is 5.00. The van der Waals surface area contributed by atoms with Gasteiger partial charge in [-0.15, -0.1) is 0 Å². The highest BCUT2D eigenvalue weighted by molar-refractivity contribution is 5.85. The van der Waals surface area contributed by atoms with Gasteiger partial charge in [-0.3, -0.25) is 9.69 Å². The number of hydrogen-bond acceptors (Lipinski definition) is 3. The van der Waals surface area contributed by atoms with Crippen molar-refractivity contribution in [1.29, 1.82) is 0 Å². The predicted molar refractivity (Wildman–Crippen MR) is 55.4 cm³/mol. The van der Waals surface area contributed by atoms with Crippen LogP contribution in [0, 0.1) is 0 Å². The molecule has 2 amide bonds. The highest BCUT2D eigenvalue weighted by Gasteiger charge is 2.35. The maximum atomic E-state index is 11.7.